The average molecular weight is 301 g/mol. The lowest BCUT2D eigenvalue weighted by Crippen LogP contribution is -2.38. The van der Waals surface area contributed by atoms with Crippen molar-refractivity contribution in [3.63, 3.8) is 0 Å². The van der Waals surface area contributed by atoms with E-state index in [-0.39, 0.29) is 12.5 Å². The predicted octanol–water partition coefficient (Wildman–Crippen LogP) is 1.79. The molecule has 1 amide bonds. The van der Waals surface area contributed by atoms with Crippen LogP contribution in [0.1, 0.15) is 41.4 Å². The molecule has 1 aliphatic rings. The van der Waals surface area contributed by atoms with E-state index in [4.69, 9.17) is 0 Å². The summed E-state index contributed by atoms with van der Waals surface area (Å²) < 4.78 is 0. The molecule has 1 heterocycles. The molecule has 0 saturated carbocycles. The fraction of sp³-hybridized carbons (Fsp3) is 0.529. The fourth-order valence-electron chi connectivity index (χ4n) is 2.75. The van der Waals surface area contributed by atoms with Crippen molar-refractivity contribution in [2.45, 2.75) is 26.4 Å². The van der Waals surface area contributed by atoms with Gasteiger partial charge in [0.15, 0.2) is 0 Å². The lowest BCUT2D eigenvalue weighted by molar-refractivity contribution is 0.0591. The SMILES string of the molecule is CN(C)Cc1ccc2c(c1)C(C#N)N(CC(C)(C)CO)C2=O. The number of hydrogen-bond donors (Lipinski definition) is 1. The van der Waals surface area contributed by atoms with Gasteiger partial charge in [0.1, 0.15) is 6.04 Å². The highest BCUT2D eigenvalue weighted by Gasteiger charge is 2.39. The zero-order valence-electron chi connectivity index (χ0n) is 13.6. The van der Waals surface area contributed by atoms with Crippen molar-refractivity contribution in [1.82, 2.24) is 9.80 Å². The van der Waals surface area contributed by atoms with Crippen LogP contribution in [0.2, 0.25) is 0 Å². The smallest absolute Gasteiger partial charge is 0.255 e. The number of nitrogens with zero attached hydrogens (tertiary/aromatic N) is 3. The molecule has 5 heteroatoms. The van der Waals surface area contributed by atoms with E-state index in [2.05, 4.69) is 6.07 Å². The Labute approximate surface area is 131 Å². The average Bonchev–Trinajstić information content (AvgIpc) is 2.70. The van der Waals surface area contributed by atoms with Crippen molar-refractivity contribution in [1.29, 1.82) is 5.26 Å². The summed E-state index contributed by atoms with van der Waals surface area (Å²) >= 11 is 0. The standard InChI is InChI=1S/C17H23N3O2/c1-17(2,11-21)10-20-15(8-18)14-7-12(9-19(3)4)5-6-13(14)16(20)22/h5-7,15,21H,9-11H2,1-4H3. The van der Waals surface area contributed by atoms with Gasteiger partial charge in [-0.25, -0.2) is 0 Å². The van der Waals surface area contributed by atoms with Crippen LogP contribution in [-0.4, -0.2) is 48.1 Å². The van der Waals surface area contributed by atoms with Gasteiger partial charge in [0.05, 0.1) is 6.07 Å². The number of fused-ring (bicyclic) bond motifs is 1. The van der Waals surface area contributed by atoms with Gasteiger partial charge < -0.3 is 14.9 Å². The van der Waals surface area contributed by atoms with Gasteiger partial charge in [-0.05, 0) is 25.7 Å². The van der Waals surface area contributed by atoms with Crippen molar-refractivity contribution in [2.24, 2.45) is 5.41 Å². The van der Waals surface area contributed by atoms with Gasteiger partial charge in [0.25, 0.3) is 5.91 Å². The summed E-state index contributed by atoms with van der Waals surface area (Å²) in [6.45, 7) is 4.86. The highest BCUT2D eigenvalue weighted by molar-refractivity contribution is 5.99. The van der Waals surface area contributed by atoms with Crippen molar-refractivity contribution < 1.29 is 9.90 Å². The van der Waals surface area contributed by atoms with Crippen LogP contribution < -0.4 is 0 Å². The Hall–Kier alpha value is -1.90. The third kappa shape index (κ3) is 3.13. The van der Waals surface area contributed by atoms with Gasteiger partial charge in [0, 0.05) is 36.2 Å². The Morgan fingerprint density at radius 2 is 2.09 bits per heavy atom. The van der Waals surface area contributed by atoms with Gasteiger partial charge in [-0.3, -0.25) is 4.79 Å². The van der Waals surface area contributed by atoms with Gasteiger partial charge in [-0.15, -0.1) is 0 Å². The van der Waals surface area contributed by atoms with Crippen molar-refractivity contribution >= 4 is 5.91 Å². The third-order valence-electron chi connectivity index (χ3n) is 3.86. The second kappa shape index (κ2) is 6.07. The van der Waals surface area contributed by atoms with Crippen LogP contribution in [0.3, 0.4) is 0 Å². The summed E-state index contributed by atoms with van der Waals surface area (Å²) in [5, 5.41) is 19.0. The van der Waals surface area contributed by atoms with Gasteiger partial charge in [-0.1, -0.05) is 26.0 Å². The van der Waals surface area contributed by atoms with E-state index in [9.17, 15) is 15.2 Å². The molecule has 118 valence electrons. The van der Waals surface area contributed by atoms with Crippen molar-refractivity contribution in [3.05, 3.63) is 34.9 Å². The Balaban J connectivity index is 2.36. The molecule has 1 N–H and O–H groups in total. The molecule has 0 radical (unpaired) electrons. The molecule has 2 rings (SSSR count). The second-order valence-corrected chi connectivity index (χ2v) is 6.95. The fourth-order valence-corrected chi connectivity index (χ4v) is 2.75. The highest BCUT2D eigenvalue weighted by atomic mass is 16.3. The molecule has 0 bridgehead atoms. The maximum absolute atomic E-state index is 12.6. The molecule has 0 saturated heterocycles. The van der Waals surface area contributed by atoms with E-state index in [0.29, 0.717) is 12.1 Å². The van der Waals surface area contributed by atoms with Crippen LogP contribution in [-0.2, 0) is 6.54 Å². The van der Waals surface area contributed by atoms with Crippen LogP contribution in [0.4, 0.5) is 0 Å². The molecule has 22 heavy (non-hydrogen) atoms. The number of benzene rings is 1. The Bertz CT molecular complexity index is 617. The normalized spacial score (nSPS) is 17.8. The lowest BCUT2D eigenvalue weighted by Gasteiger charge is -2.30. The van der Waals surface area contributed by atoms with E-state index < -0.39 is 11.5 Å². The minimum atomic E-state index is -0.574. The van der Waals surface area contributed by atoms with E-state index in [0.717, 1.165) is 17.7 Å². The van der Waals surface area contributed by atoms with Gasteiger partial charge >= 0.3 is 0 Å². The zero-order chi connectivity index (χ0) is 16.5. The molecular formula is C17H23N3O2. The minimum absolute atomic E-state index is 0.0306. The van der Waals surface area contributed by atoms with E-state index in [1.165, 1.54) is 0 Å². The molecule has 1 atom stereocenters. The third-order valence-corrected chi connectivity index (χ3v) is 3.86. The second-order valence-electron chi connectivity index (χ2n) is 6.95. The Morgan fingerprint density at radius 3 is 2.64 bits per heavy atom. The monoisotopic (exact) mass is 301 g/mol. The molecule has 1 unspecified atom stereocenters. The topological polar surface area (TPSA) is 67.6 Å². The number of nitriles is 1. The van der Waals surface area contributed by atoms with Gasteiger partial charge in [-0.2, -0.15) is 5.26 Å². The Kier molecular flexibility index (Phi) is 4.55. The first kappa shape index (κ1) is 16.5. The highest BCUT2D eigenvalue weighted by Crippen LogP contribution is 2.36. The Morgan fingerprint density at radius 1 is 1.41 bits per heavy atom. The number of aliphatic hydroxyl groups is 1. The number of carbonyl (C=O) groups excluding carboxylic acids is 1. The molecule has 0 aliphatic carbocycles. The molecule has 0 fully saturated rings. The van der Waals surface area contributed by atoms with Crippen LogP contribution in [0.15, 0.2) is 18.2 Å². The summed E-state index contributed by atoms with van der Waals surface area (Å²) in [5.74, 6) is -0.125. The van der Waals surface area contributed by atoms with Crippen molar-refractivity contribution in [2.75, 3.05) is 27.2 Å². The van der Waals surface area contributed by atoms with E-state index in [1.807, 2.05) is 51.0 Å². The van der Waals surface area contributed by atoms with Crippen LogP contribution in [0, 0.1) is 16.7 Å². The summed E-state index contributed by atoms with van der Waals surface area (Å²) in [4.78, 5) is 16.2. The number of amides is 1. The molecule has 0 spiro atoms. The molecule has 1 aromatic carbocycles. The molecular weight excluding hydrogens is 278 g/mol. The quantitative estimate of drug-likeness (QED) is 0.900. The van der Waals surface area contributed by atoms with Crippen LogP contribution in [0.25, 0.3) is 0 Å². The lowest BCUT2D eigenvalue weighted by atomic mass is 9.93. The van der Waals surface area contributed by atoms with E-state index >= 15 is 0 Å². The first-order valence-corrected chi connectivity index (χ1v) is 7.38. The largest absolute Gasteiger partial charge is 0.396 e. The van der Waals surface area contributed by atoms with Crippen LogP contribution in [0.5, 0.6) is 0 Å². The number of rotatable bonds is 5. The van der Waals surface area contributed by atoms with Gasteiger partial charge in [0.2, 0.25) is 0 Å². The minimum Gasteiger partial charge on any atom is -0.396 e. The van der Waals surface area contributed by atoms with Crippen LogP contribution >= 0.6 is 0 Å². The number of carbonyl (C=O) groups is 1. The first-order valence-electron chi connectivity index (χ1n) is 7.38. The predicted molar refractivity (Wildman–Crippen MR) is 84.1 cm³/mol. The molecule has 5 nitrogen and oxygen atoms in total. The maximum atomic E-state index is 12.6. The van der Waals surface area contributed by atoms with E-state index in [1.54, 1.807) is 4.90 Å². The summed E-state index contributed by atoms with van der Waals surface area (Å²) in [6, 6.07) is 7.36. The molecule has 1 aromatic rings. The summed E-state index contributed by atoms with van der Waals surface area (Å²) in [5.41, 5.74) is 2.03. The van der Waals surface area contributed by atoms with Crippen molar-refractivity contribution in [3.8, 4) is 6.07 Å². The maximum Gasteiger partial charge on any atom is 0.255 e. The zero-order valence-corrected chi connectivity index (χ0v) is 13.6. The summed E-state index contributed by atoms with van der Waals surface area (Å²) in [7, 11) is 3.96. The number of aliphatic hydroxyl groups excluding tert-OH is 1. The molecule has 1 aliphatic heterocycles. The summed E-state index contributed by atoms with van der Waals surface area (Å²) in [6.07, 6.45) is 0. The molecule has 0 aromatic heterocycles. The number of hydrogen-bond acceptors (Lipinski definition) is 4. The first-order chi connectivity index (χ1) is 10.3.